The van der Waals surface area contributed by atoms with E-state index in [1.54, 1.807) is 7.05 Å². The maximum absolute atomic E-state index is 11.6. The Morgan fingerprint density at radius 1 is 1.23 bits per heavy atom. The van der Waals surface area contributed by atoms with Crippen LogP contribution in [0.3, 0.4) is 0 Å². The van der Waals surface area contributed by atoms with E-state index in [2.05, 4.69) is 4.90 Å². The predicted molar refractivity (Wildman–Crippen MR) is 80.2 cm³/mol. The second-order valence-corrected chi connectivity index (χ2v) is 6.19. The minimum absolute atomic E-state index is 0.359. The molecule has 4 rings (SSSR count). The highest BCUT2D eigenvalue weighted by Crippen LogP contribution is 2.34. The van der Waals surface area contributed by atoms with Crippen molar-refractivity contribution >= 4 is 22.9 Å². The molecule has 0 saturated carbocycles. The Balaban J connectivity index is 1.57. The number of hydrogen-bond acceptors (Lipinski definition) is 4. The Kier molecular flexibility index (Phi) is 2.72. The Labute approximate surface area is 126 Å². The number of rotatable bonds is 1. The van der Waals surface area contributed by atoms with Crippen molar-refractivity contribution in [3.8, 4) is 0 Å². The molecule has 0 radical (unpaired) electrons. The lowest BCUT2D eigenvalue weighted by atomic mass is 10.0. The minimum atomic E-state index is -0.826. The molecule has 7 heteroatoms. The lowest BCUT2D eigenvalue weighted by Gasteiger charge is -2.21. The van der Waals surface area contributed by atoms with E-state index in [0.29, 0.717) is 30.5 Å². The van der Waals surface area contributed by atoms with Gasteiger partial charge in [-0.1, -0.05) is 0 Å². The first-order valence-corrected chi connectivity index (χ1v) is 7.35. The van der Waals surface area contributed by atoms with Gasteiger partial charge in [-0.2, -0.15) is 0 Å². The van der Waals surface area contributed by atoms with Gasteiger partial charge in [-0.05, 0) is 12.1 Å². The van der Waals surface area contributed by atoms with E-state index in [1.165, 1.54) is 9.47 Å². The summed E-state index contributed by atoms with van der Waals surface area (Å²) in [6.45, 7) is 2.91. The minimum Gasteiger partial charge on any atom is -0.465 e. The largest absolute Gasteiger partial charge is 0.465 e. The SMILES string of the molecule is Cn1c(=O)oc2cc(N3CC4CN(C(=O)O)C[C@@H]4C3)ccc21. The summed E-state index contributed by atoms with van der Waals surface area (Å²) in [7, 11) is 1.69. The lowest BCUT2D eigenvalue weighted by Crippen LogP contribution is -2.32. The second-order valence-electron chi connectivity index (χ2n) is 6.19. The van der Waals surface area contributed by atoms with Crippen molar-refractivity contribution in [3.63, 3.8) is 0 Å². The summed E-state index contributed by atoms with van der Waals surface area (Å²) in [6.07, 6.45) is -0.826. The zero-order valence-electron chi connectivity index (χ0n) is 12.2. The van der Waals surface area contributed by atoms with E-state index >= 15 is 0 Å². The highest BCUT2D eigenvalue weighted by Gasteiger charge is 2.41. The first-order valence-electron chi connectivity index (χ1n) is 7.35. The summed E-state index contributed by atoms with van der Waals surface area (Å²) in [5, 5.41) is 9.07. The molecule has 1 aromatic carbocycles. The average Bonchev–Trinajstić information content (AvgIpc) is 3.11. The maximum Gasteiger partial charge on any atom is 0.419 e. The van der Waals surface area contributed by atoms with Crippen LogP contribution in [0.25, 0.3) is 11.1 Å². The third-order valence-electron chi connectivity index (χ3n) is 4.90. The number of aromatic nitrogens is 1. The van der Waals surface area contributed by atoms with Gasteiger partial charge in [0, 0.05) is 56.8 Å². The van der Waals surface area contributed by atoms with Crippen LogP contribution in [0.1, 0.15) is 0 Å². The predicted octanol–water partition coefficient (Wildman–Crippen LogP) is 1.18. The molecule has 1 aromatic heterocycles. The summed E-state index contributed by atoms with van der Waals surface area (Å²) >= 11 is 0. The van der Waals surface area contributed by atoms with Crippen LogP contribution >= 0.6 is 0 Å². The van der Waals surface area contributed by atoms with Gasteiger partial charge < -0.3 is 19.3 Å². The van der Waals surface area contributed by atoms with Gasteiger partial charge in [-0.15, -0.1) is 0 Å². The van der Waals surface area contributed by atoms with Crippen molar-refractivity contribution in [2.45, 2.75) is 0 Å². The molecular formula is C15H17N3O4. The molecular weight excluding hydrogens is 286 g/mol. The van der Waals surface area contributed by atoms with Gasteiger partial charge in [0.05, 0.1) is 5.52 Å². The molecule has 2 aliphatic rings. The fourth-order valence-electron chi connectivity index (χ4n) is 3.68. The Morgan fingerprint density at radius 3 is 2.55 bits per heavy atom. The van der Waals surface area contributed by atoms with Crippen LogP contribution in [0.5, 0.6) is 0 Å². The summed E-state index contributed by atoms with van der Waals surface area (Å²) in [6, 6.07) is 5.78. The van der Waals surface area contributed by atoms with Crippen LogP contribution in [-0.2, 0) is 7.05 Å². The number of benzene rings is 1. The monoisotopic (exact) mass is 303 g/mol. The summed E-state index contributed by atoms with van der Waals surface area (Å²) in [4.78, 5) is 26.3. The van der Waals surface area contributed by atoms with Gasteiger partial charge >= 0.3 is 11.8 Å². The molecule has 7 nitrogen and oxygen atoms in total. The van der Waals surface area contributed by atoms with Crippen molar-refractivity contribution in [2.24, 2.45) is 18.9 Å². The average molecular weight is 303 g/mol. The normalized spacial score (nSPS) is 24.2. The molecule has 2 saturated heterocycles. The first-order chi connectivity index (χ1) is 10.5. The van der Waals surface area contributed by atoms with Crippen molar-refractivity contribution in [1.29, 1.82) is 0 Å². The number of hydrogen-bond donors (Lipinski definition) is 1. The van der Waals surface area contributed by atoms with Crippen molar-refractivity contribution in [3.05, 3.63) is 28.7 Å². The number of fused-ring (bicyclic) bond motifs is 2. The molecule has 2 aliphatic heterocycles. The van der Waals surface area contributed by atoms with Gasteiger partial charge in [0.25, 0.3) is 0 Å². The Morgan fingerprint density at radius 2 is 1.91 bits per heavy atom. The molecule has 1 N–H and O–H groups in total. The van der Waals surface area contributed by atoms with E-state index in [0.717, 1.165) is 24.3 Å². The number of anilines is 1. The molecule has 1 amide bonds. The van der Waals surface area contributed by atoms with Crippen molar-refractivity contribution < 1.29 is 14.3 Å². The van der Waals surface area contributed by atoms with E-state index in [4.69, 9.17) is 9.52 Å². The number of aryl methyl sites for hydroxylation is 1. The molecule has 2 atom stereocenters. The zero-order valence-corrected chi connectivity index (χ0v) is 12.2. The van der Waals surface area contributed by atoms with E-state index < -0.39 is 6.09 Å². The molecule has 116 valence electrons. The van der Waals surface area contributed by atoms with Crippen LogP contribution in [-0.4, -0.2) is 46.8 Å². The van der Waals surface area contributed by atoms with E-state index in [-0.39, 0.29) is 5.76 Å². The van der Waals surface area contributed by atoms with Gasteiger partial charge in [0.2, 0.25) is 0 Å². The molecule has 2 aromatic rings. The molecule has 2 fully saturated rings. The third-order valence-corrected chi connectivity index (χ3v) is 4.90. The number of carboxylic acid groups (broad SMARTS) is 1. The van der Waals surface area contributed by atoms with Crippen LogP contribution in [0.4, 0.5) is 10.5 Å². The molecule has 3 heterocycles. The van der Waals surface area contributed by atoms with Crippen LogP contribution in [0, 0.1) is 11.8 Å². The summed E-state index contributed by atoms with van der Waals surface area (Å²) < 4.78 is 6.72. The molecule has 1 unspecified atom stereocenters. The van der Waals surface area contributed by atoms with Gasteiger partial charge in [0.15, 0.2) is 5.58 Å². The van der Waals surface area contributed by atoms with Gasteiger partial charge in [0.1, 0.15) is 0 Å². The second kappa shape index (κ2) is 4.53. The summed E-state index contributed by atoms with van der Waals surface area (Å²) in [5.74, 6) is 0.409. The van der Waals surface area contributed by atoms with Gasteiger partial charge in [-0.3, -0.25) is 4.57 Å². The van der Waals surface area contributed by atoms with Crippen LogP contribution in [0.15, 0.2) is 27.4 Å². The highest BCUT2D eigenvalue weighted by atomic mass is 16.4. The standard InChI is InChI=1S/C15H17N3O4/c1-16-12-3-2-11(4-13(12)22-15(16)21)17-5-9-7-18(14(19)20)8-10(9)6-17/h2-4,9-10H,5-8H2,1H3,(H,19,20)/t9-,10?/m0/s1. The Bertz CT molecular complexity index is 795. The molecule has 0 bridgehead atoms. The fourth-order valence-corrected chi connectivity index (χ4v) is 3.68. The zero-order chi connectivity index (χ0) is 15.4. The Hall–Kier alpha value is -2.44. The lowest BCUT2D eigenvalue weighted by molar-refractivity contribution is 0.153. The smallest absolute Gasteiger partial charge is 0.419 e. The number of carbonyl (C=O) groups is 1. The quantitative estimate of drug-likeness (QED) is 0.856. The molecule has 22 heavy (non-hydrogen) atoms. The molecule has 0 aliphatic carbocycles. The number of likely N-dealkylation sites (tertiary alicyclic amines) is 1. The molecule has 0 spiro atoms. The van der Waals surface area contributed by atoms with E-state index in [9.17, 15) is 9.59 Å². The number of oxazole rings is 1. The maximum atomic E-state index is 11.6. The van der Waals surface area contributed by atoms with E-state index in [1.807, 2.05) is 18.2 Å². The number of nitrogens with zero attached hydrogens (tertiary/aromatic N) is 3. The fraction of sp³-hybridized carbons (Fsp3) is 0.467. The van der Waals surface area contributed by atoms with Crippen molar-refractivity contribution in [2.75, 3.05) is 31.1 Å². The summed E-state index contributed by atoms with van der Waals surface area (Å²) in [5.41, 5.74) is 2.40. The number of amides is 1. The highest BCUT2D eigenvalue weighted by molar-refractivity contribution is 5.78. The van der Waals surface area contributed by atoms with Gasteiger partial charge in [-0.25, -0.2) is 9.59 Å². The first kappa shape index (κ1) is 13.2. The van der Waals surface area contributed by atoms with Crippen LogP contribution in [0.2, 0.25) is 0 Å². The third kappa shape index (κ3) is 1.88. The van der Waals surface area contributed by atoms with Crippen LogP contribution < -0.4 is 10.7 Å². The topological polar surface area (TPSA) is 78.9 Å². The van der Waals surface area contributed by atoms with Crippen molar-refractivity contribution in [1.82, 2.24) is 9.47 Å².